The third-order valence-corrected chi connectivity index (χ3v) is 7.18. The Kier molecular flexibility index (Phi) is 4.75. The number of halogens is 3. The average Bonchev–Trinajstić information content (AvgIpc) is 3.10. The minimum absolute atomic E-state index is 0.00976. The zero-order chi connectivity index (χ0) is 23.6. The number of anilines is 1. The van der Waals surface area contributed by atoms with Crippen molar-refractivity contribution in [3.05, 3.63) is 60.0 Å². The molecular weight excluding hydrogens is 445 g/mol. The Morgan fingerprint density at radius 2 is 1.85 bits per heavy atom. The number of ether oxygens (including phenoxy) is 1. The summed E-state index contributed by atoms with van der Waals surface area (Å²) in [5, 5.41) is 3.38. The van der Waals surface area contributed by atoms with Crippen molar-refractivity contribution in [2.75, 3.05) is 5.32 Å². The van der Waals surface area contributed by atoms with Gasteiger partial charge in [0.05, 0.1) is 22.7 Å². The first-order chi connectivity index (χ1) is 16.4. The number of H-pyrrole nitrogens is 1. The maximum atomic E-state index is 13.7. The van der Waals surface area contributed by atoms with Crippen LogP contribution in [0.2, 0.25) is 0 Å². The molecule has 2 heterocycles. The molecule has 6 rings (SSSR count). The standard InChI is InChI=1S/C25H21F3N4O2/c1-11(24(33)32-25-30-20-9-17(27)18(28)10-21(20)31-25)23-14-7-13(8-15(14)23)34-22-4-5-29-19-3-2-12(26)6-16(19)22/h2-6,9-11,13-15,23H,7-8H2,1H3,(H2,30,31,32,33)/t11?,13-,14+,15-,23-. The maximum absolute atomic E-state index is 13.7. The predicted molar refractivity (Wildman–Crippen MR) is 120 cm³/mol. The molecule has 6 nitrogen and oxygen atoms in total. The smallest absolute Gasteiger partial charge is 0.229 e. The molecular formula is C25H21F3N4O2. The molecule has 2 aromatic heterocycles. The van der Waals surface area contributed by atoms with E-state index in [4.69, 9.17) is 4.74 Å². The zero-order valence-electron chi connectivity index (χ0n) is 18.2. The zero-order valence-corrected chi connectivity index (χ0v) is 18.2. The highest BCUT2D eigenvalue weighted by atomic mass is 19.2. The van der Waals surface area contributed by atoms with Crippen LogP contribution in [0.5, 0.6) is 5.75 Å². The Hall–Kier alpha value is -3.62. The van der Waals surface area contributed by atoms with E-state index in [0.29, 0.717) is 34.0 Å². The molecule has 9 heteroatoms. The summed E-state index contributed by atoms with van der Waals surface area (Å²) >= 11 is 0. The molecule has 5 atom stereocenters. The topological polar surface area (TPSA) is 79.9 Å². The normalized spacial score (nSPS) is 24.2. The van der Waals surface area contributed by atoms with Gasteiger partial charge in [-0.05, 0) is 54.9 Å². The van der Waals surface area contributed by atoms with Gasteiger partial charge in [0.2, 0.25) is 11.9 Å². The van der Waals surface area contributed by atoms with Gasteiger partial charge < -0.3 is 9.72 Å². The Bertz CT molecular complexity index is 1390. The summed E-state index contributed by atoms with van der Waals surface area (Å²) in [6, 6.07) is 8.21. The molecule has 1 unspecified atom stereocenters. The highest BCUT2D eigenvalue weighted by Gasteiger charge is 2.59. The van der Waals surface area contributed by atoms with E-state index in [1.807, 2.05) is 6.92 Å². The number of carbonyl (C=O) groups is 1. The summed E-state index contributed by atoms with van der Waals surface area (Å²) in [6.45, 7) is 1.88. The van der Waals surface area contributed by atoms with Gasteiger partial charge in [0.1, 0.15) is 11.6 Å². The third kappa shape index (κ3) is 3.55. The van der Waals surface area contributed by atoms with E-state index in [2.05, 4.69) is 20.3 Å². The minimum Gasteiger partial charge on any atom is -0.490 e. The monoisotopic (exact) mass is 466 g/mol. The number of hydrogen-bond donors (Lipinski definition) is 2. The Balaban J connectivity index is 1.08. The van der Waals surface area contributed by atoms with Crippen molar-refractivity contribution in [2.24, 2.45) is 23.7 Å². The molecule has 4 aromatic rings. The van der Waals surface area contributed by atoms with E-state index in [-0.39, 0.29) is 41.1 Å². The number of fused-ring (bicyclic) bond motifs is 3. The fourth-order valence-electron chi connectivity index (χ4n) is 5.52. The molecule has 0 aliphatic heterocycles. The molecule has 2 N–H and O–H groups in total. The summed E-state index contributed by atoms with van der Waals surface area (Å²) in [4.78, 5) is 24.0. The molecule has 0 saturated heterocycles. The molecule has 2 aliphatic rings. The number of imidazole rings is 1. The second kappa shape index (κ2) is 7.72. The molecule has 0 radical (unpaired) electrons. The van der Waals surface area contributed by atoms with Crippen LogP contribution < -0.4 is 10.1 Å². The number of carbonyl (C=O) groups excluding carboxylic acids is 1. The number of nitrogens with one attached hydrogen (secondary N) is 2. The molecule has 2 aliphatic carbocycles. The number of amides is 1. The highest BCUT2D eigenvalue weighted by Crippen LogP contribution is 2.61. The van der Waals surface area contributed by atoms with Gasteiger partial charge in [0.15, 0.2) is 11.6 Å². The first kappa shape index (κ1) is 20.9. The van der Waals surface area contributed by atoms with Crippen molar-refractivity contribution < 1.29 is 22.7 Å². The molecule has 2 aromatic carbocycles. The van der Waals surface area contributed by atoms with Crippen molar-refractivity contribution in [1.29, 1.82) is 0 Å². The molecule has 2 fully saturated rings. The van der Waals surface area contributed by atoms with Crippen LogP contribution >= 0.6 is 0 Å². The van der Waals surface area contributed by atoms with Crippen molar-refractivity contribution in [3.63, 3.8) is 0 Å². The third-order valence-electron chi connectivity index (χ3n) is 7.18. The summed E-state index contributed by atoms with van der Waals surface area (Å²) in [7, 11) is 0. The van der Waals surface area contributed by atoms with Crippen molar-refractivity contribution in [3.8, 4) is 5.75 Å². The van der Waals surface area contributed by atoms with Gasteiger partial charge in [0, 0.05) is 29.6 Å². The maximum Gasteiger partial charge on any atom is 0.229 e. The van der Waals surface area contributed by atoms with E-state index < -0.39 is 11.6 Å². The number of rotatable bonds is 5. The van der Waals surface area contributed by atoms with Crippen LogP contribution in [-0.2, 0) is 4.79 Å². The van der Waals surface area contributed by atoms with Crippen molar-refractivity contribution in [1.82, 2.24) is 15.0 Å². The van der Waals surface area contributed by atoms with Crippen LogP contribution in [0.25, 0.3) is 21.9 Å². The minimum atomic E-state index is -0.988. The van der Waals surface area contributed by atoms with Crippen LogP contribution in [0.1, 0.15) is 19.8 Å². The number of aromatic nitrogens is 3. The van der Waals surface area contributed by atoms with Gasteiger partial charge in [0.25, 0.3) is 0 Å². The van der Waals surface area contributed by atoms with Crippen LogP contribution in [0.4, 0.5) is 19.1 Å². The number of aromatic amines is 1. The second-order valence-electron chi connectivity index (χ2n) is 9.23. The van der Waals surface area contributed by atoms with Gasteiger partial charge in [-0.15, -0.1) is 0 Å². The second-order valence-corrected chi connectivity index (χ2v) is 9.23. The van der Waals surface area contributed by atoms with E-state index in [0.717, 1.165) is 25.0 Å². The lowest BCUT2D eigenvalue weighted by Crippen LogP contribution is -2.26. The van der Waals surface area contributed by atoms with E-state index in [1.54, 1.807) is 18.3 Å². The number of nitrogens with zero attached hydrogens (tertiary/aromatic N) is 2. The first-order valence-corrected chi connectivity index (χ1v) is 11.2. The Labute approximate surface area is 192 Å². The summed E-state index contributed by atoms with van der Waals surface area (Å²) < 4.78 is 46.7. The van der Waals surface area contributed by atoms with Crippen LogP contribution in [-0.4, -0.2) is 27.0 Å². The number of pyridine rings is 1. The van der Waals surface area contributed by atoms with E-state index in [1.165, 1.54) is 12.1 Å². The van der Waals surface area contributed by atoms with Gasteiger partial charge in [-0.1, -0.05) is 6.92 Å². The van der Waals surface area contributed by atoms with E-state index >= 15 is 0 Å². The SMILES string of the molecule is CC(C(=O)Nc1nc2cc(F)c(F)cc2[nH]1)[C@H]1[C@@H]2C[C@H](Oc3ccnc4ccc(F)cc34)C[C@@H]21. The fourth-order valence-corrected chi connectivity index (χ4v) is 5.52. The largest absolute Gasteiger partial charge is 0.490 e. The van der Waals surface area contributed by atoms with E-state index in [9.17, 15) is 18.0 Å². The lowest BCUT2D eigenvalue weighted by Gasteiger charge is -2.20. The van der Waals surface area contributed by atoms with Crippen LogP contribution in [0.15, 0.2) is 42.6 Å². The first-order valence-electron chi connectivity index (χ1n) is 11.2. The quantitative estimate of drug-likeness (QED) is 0.423. The summed E-state index contributed by atoms with van der Waals surface area (Å²) in [6.07, 6.45) is 3.32. The molecule has 2 saturated carbocycles. The van der Waals surface area contributed by atoms with Crippen LogP contribution in [0.3, 0.4) is 0 Å². The number of benzene rings is 2. The van der Waals surface area contributed by atoms with Gasteiger partial charge in [-0.3, -0.25) is 15.1 Å². The van der Waals surface area contributed by atoms with Crippen molar-refractivity contribution >= 4 is 33.8 Å². The lowest BCUT2D eigenvalue weighted by atomic mass is 9.97. The molecule has 174 valence electrons. The van der Waals surface area contributed by atoms with Crippen molar-refractivity contribution in [2.45, 2.75) is 25.9 Å². The summed E-state index contributed by atoms with van der Waals surface area (Å²) in [5.74, 6) is -0.931. The average molecular weight is 466 g/mol. The lowest BCUT2D eigenvalue weighted by molar-refractivity contribution is -0.120. The van der Waals surface area contributed by atoms with Gasteiger partial charge in [-0.25, -0.2) is 18.2 Å². The molecule has 0 spiro atoms. The molecule has 1 amide bonds. The summed E-state index contributed by atoms with van der Waals surface area (Å²) in [5.41, 5.74) is 1.24. The molecule has 0 bridgehead atoms. The van der Waals surface area contributed by atoms with Crippen LogP contribution in [0, 0.1) is 41.1 Å². The Morgan fingerprint density at radius 3 is 2.65 bits per heavy atom. The Morgan fingerprint density at radius 1 is 1.09 bits per heavy atom. The fraction of sp³-hybridized carbons (Fsp3) is 0.320. The van der Waals surface area contributed by atoms with Gasteiger partial charge in [-0.2, -0.15) is 0 Å². The predicted octanol–water partition coefficient (Wildman–Crippen LogP) is 5.21. The molecule has 34 heavy (non-hydrogen) atoms. The number of hydrogen-bond acceptors (Lipinski definition) is 4. The highest BCUT2D eigenvalue weighted by molar-refractivity contribution is 5.93. The van der Waals surface area contributed by atoms with Gasteiger partial charge >= 0.3 is 0 Å².